The van der Waals surface area contributed by atoms with E-state index >= 15 is 0 Å². The normalized spacial score (nSPS) is 35.3. The predicted octanol–water partition coefficient (Wildman–Crippen LogP) is 1.61. The standard InChI is InChI=1S/C12H16O4/c1-2-16-10(13)7-12(11(14)15)6-8-3-4-9(12)5-8/h3-4,8-9H,2,5-7H2,1H3,(H,14,15)/t8-,9+,12-/m1/s1. The lowest BCUT2D eigenvalue weighted by Gasteiger charge is -2.29. The molecule has 0 aromatic rings. The summed E-state index contributed by atoms with van der Waals surface area (Å²) < 4.78 is 4.86. The van der Waals surface area contributed by atoms with Gasteiger partial charge in [0.05, 0.1) is 18.4 Å². The van der Waals surface area contributed by atoms with Gasteiger partial charge < -0.3 is 9.84 Å². The van der Waals surface area contributed by atoms with Gasteiger partial charge in [-0.1, -0.05) is 12.2 Å². The van der Waals surface area contributed by atoms with Gasteiger partial charge in [0, 0.05) is 0 Å². The van der Waals surface area contributed by atoms with Gasteiger partial charge in [-0.15, -0.1) is 0 Å². The molecule has 0 aliphatic heterocycles. The molecule has 0 aromatic heterocycles. The molecule has 0 amide bonds. The Balaban J connectivity index is 2.15. The Morgan fingerprint density at radius 1 is 1.50 bits per heavy atom. The van der Waals surface area contributed by atoms with Gasteiger partial charge in [0.25, 0.3) is 0 Å². The van der Waals surface area contributed by atoms with Crippen LogP contribution in [0.15, 0.2) is 12.2 Å². The highest BCUT2D eigenvalue weighted by atomic mass is 16.5. The van der Waals surface area contributed by atoms with E-state index in [2.05, 4.69) is 6.08 Å². The van der Waals surface area contributed by atoms with Crippen molar-refractivity contribution in [3.05, 3.63) is 12.2 Å². The summed E-state index contributed by atoms with van der Waals surface area (Å²) in [7, 11) is 0. The third-order valence-corrected chi connectivity index (χ3v) is 3.70. The van der Waals surface area contributed by atoms with Crippen LogP contribution in [-0.2, 0) is 14.3 Å². The van der Waals surface area contributed by atoms with Crippen LogP contribution < -0.4 is 0 Å². The molecule has 0 spiro atoms. The second kappa shape index (κ2) is 3.92. The largest absolute Gasteiger partial charge is 0.481 e. The number of carbonyl (C=O) groups excluding carboxylic acids is 1. The maximum absolute atomic E-state index is 11.5. The fraction of sp³-hybridized carbons (Fsp3) is 0.667. The van der Waals surface area contributed by atoms with Gasteiger partial charge in [-0.25, -0.2) is 0 Å². The van der Waals surface area contributed by atoms with E-state index in [1.807, 2.05) is 6.08 Å². The zero-order chi connectivity index (χ0) is 11.8. The lowest BCUT2D eigenvalue weighted by Crippen LogP contribution is -2.37. The molecule has 0 aromatic carbocycles. The van der Waals surface area contributed by atoms with E-state index in [4.69, 9.17) is 4.74 Å². The number of fused-ring (bicyclic) bond motifs is 2. The number of carboxylic acid groups (broad SMARTS) is 1. The Hall–Kier alpha value is -1.32. The first kappa shape index (κ1) is 11.2. The Morgan fingerprint density at radius 2 is 2.25 bits per heavy atom. The number of carboxylic acids is 1. The molecular formula is C12H16O4. The summed E-state index contributed by atoms with van der Waals surface area (Å²) in [4.78, 5) is 22.9. The molecule has 0 radical (unpaired) electrons. The van der Waals surface area contributed by atoms with Gasteiger partial charge in [-0.05, 0) is 31.6 Å². The molecule has 4 nitrogen and oxygen atoms in total. The summed E-state index contributed by atoms with van der Waals surface area (Å²) in [6.45, 7) is 2.03. The van der Waals surface area contributed by atoms with Crippen LogP contribution in [0.4, 0.5) is 0 Å². The maximum Gasteiger partial charge on any atom is 0.310 e. The smallest absolute Gasteiger partial charge is 0.310 e. The highest BCUT2D eigenvalue weighted by Gasteiger charge is 2.54. The molecule has 0 unspecified atom stereocenters. The first-order valence-electron chi connectivity index (χ1n) is 5.66. The summed E-state index contributed by atoms with van der Waals surface area (Å²) >= 11 is 0. The van der Waals surface area contributed by atoms with Crippen molar-refractivity contribution in [2.75, 3.05) is 6.61 Å². The van der Waals surface area contributed by atoms with E-state index in [9.17, 15) is 14.7 Å². The third kappa shape index (κ3) is 1.62. The quantitative estimate of drug-likeness (QED) is 0.582. The van der Waals surface area contributed by atoms with Gasteiger partial charge >= 0.3 is 11.9 Å². The average Bonchev–Trinajstić information content (AvgIpc) is 2.77. The lowest BCUT2D eigenvalue weighted by molar-refractivity contribution is -0.159. The van der Waals surface area contributed by atoms with E-state index in [0.29, 0.717) is 18.9 Å². The number of carbonyl (C=O) groups is 2. The highest BCUT2D eigenvalue weighted by Crippen LogP contribution is 2.54. The topological polar surface area (TPSA) is 63.6 Å². The minimum absolute atomic E-state index is 0.000550. The third-order valence-electron chi connectivity index (χ3n) is 3.70. The van der Waals surface area contributed by atoms with Crippen LogP contribution in [0.25, 0.3) is 0 Å². The Bertz CT molecular complexity index is 347. The van der Waals surface area contributed by atoms with E-state index in [1.165, 1.54) is 0 Å². The van der Waals surface area contributed by atoms with Crippen molar-refractivity contribution in [2.24, 2.45) is 17.3 Å². The summed E-state index contributed by atoms with van der Waals surface area (Å²) in [5.41, 5.74) is -0.911. The summed E-state index contributed by atoms with van der Waals surface area (Å²) in [6.07, 6.45) is 5.45. The van der Waals surface area contributed by atoms with Crippen molar-refractivity contribution in [1.29, 1.82) is 0 Å². The molecule has 3 atom stereocenters. The van der Waals surface area contributed by atoms with Crippen LogP contribution in [-0.4, -0.2) is 23.7 Å². The average molecular weight is 224 g/mol. The number of allylic oxidation sites excluding steroid dienone is 2. The highest BCUT2D eigenvalue weighted by molar-refractivity contribution is 5.83. The number of hydrogen-bond donors (Lipinski definition) is 1. The van der Waals surface area contributed by atoms with E-state index in [0.717, 1.165) is 6.42 Å². The minimum atomic E-state index is -0.911. The molecule has 0 heterocycles. The van der Waals surface area contributed by atoms with Crippen molar-refractivity contribution in [3.63, 3.8) is 0 Å². The summed E-state index contributed by atoms with van der Waals surface area (Å²) in [5, 5.41) is 9.36. The van der Waals surface area contributed by atoms with E-state index < -0.39 is 17.4 Å². The van der Waals surface area contributed by atoms with Gasteiger partial charge in [0.2, 0.25) is 0 Å². The van der Waals surface area contributed by atoms with Crippen LogP contribution in [0, 0.1) is 17.3 Å². The molecule has 16 heavy (non-hydrogen) atoms. The van der Waals surface area contributed by atoms with Gasteiger partial charge in [-0.2, -0.15) is 0 Å². The molecule has 4 heteroatoms. The summed E-state index contributed by atoms with van der Waals surface area (Å²) in [5.74, 6) is -0.932. The second-order valence-electron chi connectivity index (χ2n) is 4.63. The molecule has 1 saturated carbocycles. The van der Waals surface area contributed by atoms with Crippen molar-refractivity contribution >= 4 is 11.9 Å². The Labute approximate surface area is 94.3 Å². The van der Waals surface area contributed by atoms with Crippen molar-refractivity contribution < 1.29 is 19.4 Å². The predicted molar refractivity (Wildman–Crippen MR) is 56.7 cm³/mol. The van der Waals surface area contributed by atoms with Gasteiger partial charge in [0.1, 0.15) is 0 Å². The molecule has 1 N–H and O–H groups in total. The molecule has 0 saturated heterocycles. The van der Waals surface area contributed by atoms with Crippen molar-refractivity contribution in [1.82, 2.24) is 0 Å². The van der Waals surface area contributed by atoms with Gasteiger partial charge in [-0.3, -0.25) is 9.59 Å². The maximum atomic E-state index is 11.5. The number of ether oxygens (including phenoxy) is 1. The molecule has 1 fully saturated rings. The number of hydrogen-bond acceptors (Lipinski definition) is 3. The first-order chi connectivity index (χ1) is 7.58. The van der Waals surface area contributed by atoms with Crippen molar-refractivity contribution in [3.8, 4) is 0 Å². The Kier molecular flexibility index (Phi) is 2.74. The summed E-state index contributed by atoms with van der Waals surface area (Å²) in [6, 6.07) is 0. The number of rotatable bonds is 4. The molecule has 2 aliphatic rings. The number of esters is 1. The first-order valence-corrected chi connectivity index (χ1v) is 5.66. The molecule has 88 valence electrons. The minimum Gasteiger partial charge on any atom is -0.481 e. The van der Waals surface area contributed by atoms with Crippen LogP contribution in [0.1, 0.15) is 26.2 Å². The monoisotopic (exact) mass is 224 g/mol. The van der Waals surface area contributed by atoms with Crippen LogP contribution in [0.5, 0.6) is 0 Å². The fourth-order valence-electron chi connectivity index (χ4n) is 2.95. The zero-order valence-corrected chi connectivity index (χ0v) is 9.31. The van der Waals surface area contributed by atoms with E-state index in [-0.39, 0.29) is 12.3 Å². The van der Waals surface area contributed by atoms with Gasteiger partial charge in [0.15, 0.2) is 0 Å². The van der Waals surface area contributed by atoms with Crippen LogP contribution in [0.3, 0.4) is 0 Å². The molecule has 2 bridgehead atoms. The van der Waals surface area contributed by atoms with Crippen molar-refractivity contribution in [2.45, 2.75) is 26.2 Å². The Morgan fingerprint density at radius 3 is 2.69 bits per heavy atom. The van der Waals surface area contributed by atoms with Crippen LogP contribution >= 0.6 is 0 Å². The van der Waals surface area contributed by atoms with Crippen LogP contribution in [0.2, 0.25) is 0 Å². The number of aliphatic carboxylic acids is 1. The molecule has 2 aliphatic carbocycles. The zero-order valence-electron chi connectivity index (χ0n) is 9.31. The SMILES string of the molecule is CCOC(=O)C[C@]1(C(=O)O)C[C@@H]2C=C[C@H]1C2. The van der Waals surface area contributed by atoms with E-state index in [1.54, 1.807) is 6.92 Å². The second-order valence-corrected chi connectivity index (χ2v) is 4.63. The molecular weight excluding hydrogens is 208 g/mol. The fourth-order valence-corrected chi connectivity index (χ4v) is 2.95. The molecule has 2 rings (SSSR count). The lowest BCUT2D eigenvalue weighted by atomic mass is 9.73.